The number of aromatic amines is 1. The minimum Gasteiger partial charge on any atom is -0.383 e. The van der Waals surface area contributed by atoms with Crippen molar-refractivity contribution < 1.29 is 14.3 Å². The average Bonchev–Trinajstić information content (AvgIpc) is 3.70. The van der Waals surface area contributed by atoms with Crippen LogP contribution in [0.4, 0.5) is 11.8 Å². The molecule has 4 N–H and O–H groups in total. The monoisotopic (exact) mass is 612 g/mol. The molecule has 234 valence electrons. The number of rotatable bonds is 14. The number of aromatic nitrogens is 8. The summed E-state index contributed by atoms with van der Waals surface area (Å²) in [6, 6.07) is 3.98. The molecule has 15 heteroatoms. The van der Waals surface area contributed by atoms with Crippen molar-refractivity contribution in [2.24, 2.45) is 0 Å². The molecule has 5 aromatic heterocycles. The van der Waals surface area contributed by atoms with Crippen LogP contribution in [0, 0.1) is 0 Å². The van der Waals surface area contributed by atoms with Crippen LogP contribution in [-0.4, -0.2) is 109 Å². The van der Waals surface area contributed by atoms with Gasteiger partial charge in [-0.05, 0) is 25.0 Å². The van der Waals surface area contributed by atoms with Crippen molar-refractivity contribution in [2.45, 2.75) is 25.8 Å². The van der Waals surface area contributed by atoms with Crippen molar-refractivity contribution in [3.63, 3.8) is 0 Å². The van der Waals surface area contributed by atoms with Gasteiger partial charge in [-0.1, -0.05) is 0 Å². The number of H-pyrrole nitrogens is 1. The summed E-state index contributed by atoms with van der Waals surface area (Å²) in [5.74, 6) is 0.778. The van der Waals surface area contributed by atoms with Gasteiger partial charge in [-0.15, -0.1) is 0 Å². The van der Waals surface area contributed by atoms with Gasteiger partial charge in [0.1, 0.15) is 29.8 Å². The third kappa shape index (κ3) is 7.05. The molecule has 1 fully saturated rings. The lowest BCUT2D eigenvalue weighted by molar-refractivity contribution is -0.108. The van der Waals surface area contributed by atoms with Crippen LogP contribution < -0.4 is 16.0 Å². The minimum atomic E-state index is -0.207. The van der Waals surface area contributed by atoms with Crippen molar-refractivity contribution in [3.05, 3.63) is 48.8 Å². The van der Waals surface area contributed by atoms with Gasteiger partial charge in [0.2, 0.25) is 5.95 Å². The number of pyridine rings is 1. The van der Waals surface area contributed by atoms with Crippen LogP contribution in [0.2, 0.25) is 0 Å². The normalized spacial score (nSPS) is 13.9. The first-order chi connectivity index (χ1) is 22.1. The third-order valence-electron chi connectivity index (χ3n) is 7.80. The molecule has 0 aliphatic carbocycles. The predicted octanol–water partition coefficient (Wildman–Crippen LogP) is 1.68. The summed E-state index contributed by atoms with van der Waals surface area (Å²) in [7, 11) is 0. The van der Waals surface area contributed by atoms with Crippen molar-refractivity contribution in [2.75, 3.05) is 63.1 Å². The molecule has 0 radical (unpaired) electrons. The molecule has 15 nitrogen and oxygen atoms in total. The Morgan fingerprint density at radius 2 is 1.87 bits per heavy atom. The van der Waals surface area contributed by atoms with E-state index in [0.717, 1.165) is 68.4 Å². The molecule has 1 amide bonds. The first-order valence-electron chi connectivity index (χ1n) is 15.1. The summed E-state index contributed by atoms with van der Waals surface area (Å²) in [5.41, 5.74) is 9.66. The summed E-state index contributed by atoms with van der Waals surface area (Å²) in [6.45, 7) is 6.35. The van der Waals surface area contributed by atoms with E-state index in [9.17, 15) is 9.59 Å². The van der Waals surface area contributed by atoms with Crippen LogP contribution >= 0.6 is 0 Å². The fraction of sp³-hybridized carbons (Fsp3) is 0.400. The van der Waals surface area contributed by atoms with E-state index in [4.69, 9.17) is 15.6 Å². The zero-order valence-electron chi connectivity index (χ0n) is 24.9. The van der Waals surface area contributed by atoms with Gasteiger partial charge >= 0.3 is 0 Å². The number of hydrogen-bond acceptors (Lipinski definition) is 12. The molecule has 0 atom stereocenters. The second-order valence-corrected chi connectivity index (χ2v) is 10.8. The lowest BCUT2D eigenvalue weighted by atomic mass is 10.1. The van der Waals surface area contributed by atoms with Gasteiger partial charge in [0.15, 0.2) is 5.65 Å². The number of nitrogens with one attached hydrogen (secondary N) is 2. The number of amides is 1. The number of ether oxygens (including phenoxy) is 1. The Morgan fingerprint density at radius 1 is 1.02 bits per heavy atom. The highest BCUT2D eigenvalue weighted by Crippen LogP contribution is 2.31. The van der Waals surface area contributed by atoms with E-state index in [1.807, 2.05) is 23.0 Å². The SMILES string of the molecule is Nc1ncnc2c1c(-c1cnc3[nH]ccc3c1)nn2CCCCNC(=O)c1cnc(N2CCN(CCOCCC=O)CC2)nc1. The largest absolute Gasteiger partial charge is 0.383 e. The fourth-order valence-corrected chi connectivity index (χ4v) is 5.35. The molecule has 6 rings (SSSR count). The second-order valence-electron chi connectivity index (χ2n) is 10.8. The second kappa shape index (κ2) is 14.2. The maximum absolute atomic E-state index is 12.7. The number of unbranched alkanes of at least 4 members (excludes halogenated alkanes) is 1. The van der Waals surface area contributed by atoms with Gasteiger partial charge in [-0.2, -0.15) is 5.10 Å². The zero-order chi connectivity index (χ0) is 31.0. The first-order valence-corrected chi connectivity index (χ1v) is 15.1. The number of fused-ring (bicyclic) bond motifs is 2. The minimum absolute atomic E-state index is 0.207. The summed E-state index contributed by atoms with van der Waals surface area (Å²) in [5, 5.41) is 9.46. The van der Waals surface area contributed by atoms with E-state index in [-0.39, 0.29) is 5.91 Å². The van der Waals surface area contributed by atoms with Crippen molar-refractivity contribution in [1.82, 2.24) is 49.9 Å². The Morgan fingerprint density at radius 3 is 2.69 bits per heavy atom. The van der Waals surface area contributed by atoms with Gasteiger partial charge in [-0.3, -0.25) is 9.69 Å². The molecular weight excluding hydrogens is 576 g/mol. The van der Waals surface area contributed by atoms with Crippen LogP contribution in [0.5, 0.6) is 0 Å². The molecule has 0 unspecified atom stereocenters. The number of aryl methyl sites for hydroxylation is 1. The van der Waals surface area contributed by atoms with E-state index in [1.54, 1.807) is 18.6 Å². The number of hydrogen-bond donors (Lipinski definition) is 3. The van der Waals surface area contributed by atoms with E-state index in [1.165, 1.54) is 6.33 Å². The molecule has 1 aliphatic rings. The molecule has 5 aromatic rings. The summed E-state index contributed by atoms with van der Waals surface area (Å²) in [4.78, 5) is 52.6. The van der Waals surface area contributed by atoms with Crippen molar-refractivity contribution in [3.8, 4) is 11.3 Å². The number of nitrogens with two attached hydrogens (primary N) is 1. The number of aldehydes is 1. The molecule has 0 spiro atoms. The molecule has 1 saturated heterocycles. The summed E-state index contributed by atoms with van der Waals surface area (Å²) in [6.07, 6.45) is 11.0. The average molecular weight is 613 g/mol. The smallest absolute Gasteiger partial charge is 0.254 e. The fourth-order valence-electron chi connectivity index (χ4n) is 5.35. The Kier molecular flexibility index (Phi) is 9.46. The van der Waals surface area contributed by atoms with Crippen LogP contribution in [0.3, 0.4) is 0 Å². The highest BCUT2D eigenvalue weighted by Gasteiger charge is 2.20. The molecule has 45 heavy (non-hydrogen) atoms. The van der Waals surface area contributed by atoms with Gasteiger partial charge in [-0.25, -0.2) is 29.6 Å². The number of nitrogens with zero attached hydrogens (tertiary/aromatic N) is 9. The highest BCUT2D eigenvalue weighted by atomic mass is 16.5. The Labute approximate surface area is 259 Å². The quantitative estimate of drug-likeness (QED) is 0.122. The van der Waals surface area contributed by atoms with E-state index >= 15 is 0 Å². The van der Waals surface area contributed by atoms with Crippen molar-refractivity contribution in [1.29, 1.82) is 0 Å². The Balaban J connectivity index is 0.968. The van der Waals surface area contributed by atoms with Gasteiger partial charge in [0.25, 0.3) is 5.91 Å². The lowest BCUT2D eigenvalue weighted by Gasteiger charge is -2.34. The van der Waals surface area contributed by atoms with E-state index in [0.29, 0.717) is 66.8 Å². The lowest BCUT2D eigenvalue weighted by Crippen LogP contribution is -2.47. The number of carbonyl (C=O) groups is 2. The molecule has 0 bridgehead atoms. The standard InChI is InChI=1S/C30H36N12O3/c31-26-24-25(22-16-21-4-6-32-27(21)34-17-22)39-42(28(24)38-20-37-26)7-2-1-5-33-29(44)23-18-35-30(36-19-23)41-10-8-40(9-11-41)12-15-45-14-3-13-43/h4,6,13,16-20H,1-3,5,7-12,14-15H2,(H,32,34)(H,33,44)(H2,31,37,38). The Bertz CT molecular complexity index is 1740. The summed E-state index contributed by atoms with van der Waals surface area (Å²) >= 11 is 0. The van der Waals surface area contributed by atoms with Crippen LogP contribution in [0.1, 0.15) is 29.6 Å². The molecule has 6 heterocycles. The van der Waals surface area contributed by atoms with E-state index in [2.05, 4.69) is 45.0 Å². The van der Waals surface area contributed by atoms with Crippen molar-refractivity contribution >= 4 is 46.0 Å². The van der Waals surface area contributed by atoms with Gasteiger partial charge in [0.05, 0.1) is 24.2 Å². The topological polar surface area (TPSA) is 186 Å². The third-order valence-corrected chi connectivity index (χ3v) is 7.80. The van der Waals surface area contributed by atoms with Gasteiger partial charge in [0, 0.05) is 88.0 Å². The van der Waals surface area contributed by atoms with Crippen LogP contribution in [-0.2, 0) is 16.1 Å². The maximum atomic E-state index is 12.7. The predicted molar refractivity (Wildman–Crippen MR) is 169 cm³/mol. The molecular formula is C30H36N12O3. The first kappa shape index (κ1) is 30.0. The number of nitrogen functional groups attached to an aromatic ring is 1. The number of anilines is 2. The summed E-state index contributed by atoms with van der Waals surface area (Å²) < 4.78 is 7.30. The van der Waals surface area contributed by atoms with Crippen LogP contribution in [0.15, 0.2) is 43.2 Å². The molecule has 0 saturated carbocycles. The Hall–Kier alpha value is -5.02. The van der Waals surface area contributed by atoms with E-state index < -0.39 is 0 Å². The highest BCUT2D eigenvalue weighted by molar-refractivity contribution is 5.99. The van der Waals surface area contributed by atoms with Gasteiger partial charge < -0.3 is 30.5 Å². The maximum Gasteiger partial charge on any atom is 0.254 e. The zero-order valence-corrected chi connectivity index (χ0v) is 24.9. The molecule has 1 aliphatic heterocycles. The number of piperazine rings is 1. The molecule has 0 aromatic carbocycles. The van der Waals surface area contributed by atoms with Crippen LogP contribution in [0.25, 0.3) is 33.3 Å². The number of carbonyl (C=O) groups excluding carboxylic acids is 2.